The third-order valence-electron chi connectivity index (χ3n) is 4.71. The second-order valence-corrected chi connectivity index (χ2v) is 6.73. The lowest BCUT2D eigenvalue weighted by Gasteiger charge is -2.28. The van der Waals surface area contributed by atoms with Crippen LogP contribution in [0.3, 0.4) is 0 Å². The van der Waals surface area contributed by atoms with Crippen molar-refractivity contribution >= 4 is 17.9 Å². The Kier molecular flexibility index (Phi) is 6.39. The average molecular weight is 419 g/mol. The molecule has 2 heterocycles. The first-order valence-electron chi connectivity index (χ1n) is 9.19. The van der Waals surface area contributed by atoms with E-state index in [4.69, 9.17) is 4.74 Å². The van der Waals surface area contributed by atoms with Gasteiger partial charge in [-0.25, -0.2) is 4.98 Å². The van der Waals surface area contributed by atoms with E-state index in [1.165, 1.54) is 24.3 Å². The molecule has 1 aromatic carbocycles. The van der Waals surface area contributed by atoms with Gasteiger partial charge in [-0.2, -0.15) is 13.2 Å². The number of halogens is 3. The molecule has 0 unspecified atom stereocenters. The van der Waals surface area contributed by atoms with Crippen molar-refractivity contribution in [2.75, 3.05) is 20.2 Å². The van der Waals surface area contributed by atoms with Crippen molar-refractivity contribution in [2.24, 2.45) is 0 Å². The van der Waals surface area contributed by atoms with Crippen molar-refractivity contribution in [3.8, 4) is 5.88 Å². The minimum Gasteiger partial charge on any atom is -0.481 e. The normalized spacial score (nSPS) is 13.8. The van der Waals surface area contributed by atoms with Crippen LogP contribution in [0.5, 0.6) is 5.88 Å². The van der Waals surface area contributed by atoms with Crippen LogP contribution in [-0.4, -0.2) is 41.9 Å². The molecule has 1 N–H and O–H groups in total. The highest BCUT2D eigenvalue weighted by Crippen LogP contribution is 2.29. The fourth-order valence-corrected chi connectivity index (χ4v) is 3.03. The first-order chi connectivity index (χ1) is 14.3. The molecule has 30 heavy (non-hydrogen) atoms. The van der Waals surface area contributed by atoms with Crippen LogP contribution in [0.25, 0.3) is 6.08 Å². The van der Waals surface area contributed by atoms with E-state index in [9.17, 15) is 22.8 Å². The second kappa shape index (κ2) is 8.98. The monoisotopic (exact) mass is 419 g/mol. The molecule has 0 saturated heterocycles. The lowest BCUT2D eigenvalue weighted by molar-refractivity contribution is -0.137. The number of amides is 2. The Morgan fingerprint density at radius 3 is 2.63 bits per heavy atom. The van der Waals surface area contributed by atoms with Crippen molar-refractivity contribution in [2.45, 2.75) is 19.1 Å². The molecule has 0 radical (unpaired) electrons. The number of alkyl halides is 3. The molecule has 1 aliphatic rings. The van der Waals surface area contributed by atoms with Crippen LogP contribution in [0.1, 0.15) is 22.3 Å². The second-order valence-electron chi connectivity index (χ2n) is 6.73. The molecule has 0 fully saturated rings. The Hall–Kier alpha value is -3.36. The highest BCUT2D eigenvalue weighted by atomic mass is 19.4. The Labute approximate surface area is 171 Å². The summed E-state index contributed by atoms with van der Waals surface area (Å²) in [6, 6.07) is 6.28. The number of nitrogens with zero attached hydrogens (tertiary/aromatic N) is 2. The fourth-order valence-electron chi connectivity index (χ4n) is 3.03. The van der Waals surface area contributed by atoms with Crippen molar-refractivity contribution in [3.63, 3.8) is 0 Å². The van der Waals surface area contributed by atoms with Gasteiger partial charge >= 0.3 is 6.18 Å². The van der Waals surface area contributed by atoms with Crippen molar-refractivity contribution < 1.29 is 27.5 Å². The smallest absolute Gasteiger partial charge is 0.416 e. The van der Waals surface area contributed by atoms with Gasteiger partial charge in [0.15, 0.2) is 0 Å². The third kappa shape index (κ3) is 5.37. The summed E-state index contributed by atoms with van der Waals surface area (Å²) >= 11 is 0. The number of carbonyl (C=O) groups is 2. The number of rotatable bonds is 5. The highest BCUT2D eigenvalue weighted by molar-refractivity contribution is 5.94. The number of pyridine rings is 1. The summed E-state index contributed by atoms with van der Waals surface area (Å²) in [5.41, 5.74) is 1.70. The van der Waals surface area contributed by atoms with Gasteiger partial charge in [0, 0.05) is 31.4 Å². The molecule has 2 aromatic rings. The number of hydrogen-bond acceptors (Lipinski definition) is 4. The van der Waals surface area contributed by atoms with Gasteiger partial charge in [-0.05, 0) is 41.3 Å². The molecule has 0 spiro atoms. The maximum Gasteiger partial charge on any atom is 0.416 e. The summed E-state index contributed by atoms with van der Waals surface area (Å²) in [4.78, 5) is 30.1. The number of hydrogen-bond donors (Lipinski definition) is 1. The lowest BCUT2D eigenvalue weighted by atomic mass is 10.0. The molecular weight excluding hydrogens is 399 g/mol. The highest BCUT2D eigenvalue weighted by Gasteiger charge is 2.29. The largest absolute Gasteiger partial charge is 0.481 e. The molecule has 0 aliphatic carbocycles. The molecule has 3 rings (SSSR count). The molecule has 158 valence electrons. The Morgan fingerprint density at radius 1 is 1.23 bits per heavy atom. The van der Waals surface area contributed by atoms with E-state index >= 15 is 0 Å². The summed E-state index contributed by atoms with van der Waals surface area (Å²) in [5.74, 6) is -0.208. The minimum atomic E-state index is -4.41. The number of fused-ring (bicyclic) bond motifs is 1. The van der Waals surface area contributed by atoms with Gasteiger partial charge in [-0.3, -0.25) is 9.59 Å². The van der Waals surface area contributed by atoms with Gasteiger partial charge in [0.25, 0.3) is 0 Å². The Balaban J connectivity index is 1.49. The standard InChI is InChI=1S/C21H20F3N3O3/c1-30-19-10-15-8-9-27(13-16(15)11-26-19)20(29)12-25-18(28)7-4-14-2-5-17(6-3-14)21(22,23)24/h2-7,10-11H,8-9,12-13H2,1H3,(H,25,28)/b7-4+. The molecule has 2 amide bonds. The van der Waals surface area contributed by atoms with E-state index in [1.807, 2.05) is 6.07 Å². The zero-order chi connectivity index (χ0) is 21.7. The van der Waals surface area contributed by atoms with Crippen LogP contribution in [0, 0.1) is 0 Å². The van der Waals surface area contributed by atoms with Crippen LogP contribution >= 0.6 is 0 Å². The lowest BCUT2D eigenvalue weighted by Crippen LogP contribution is -2.42. The quantitative estimate of drug-likeness (QED) is 0.757. The molecule has 0 bridgehead atoms. The third-order valence-corrected chi connectivity index (χ3v) is 4.71. The van der Waals surface area contributed by atoms with E-state index in [-0.39, 0.29) is 12.5 Å². The average Bonchev–Trinajstić information content (AvgIpc) is 2.74. The SMILES string of the molecule is COc1cc2c(cn1)CN(C(=O)CNC(=O)/C=C/c1ccc(C(F)(F)F)cc1)CC2. The van der Waals surface area contributed by atoms with Crippen LogP contribution < -0.4 is 10.1 Å². The molecule has 0 atom stereocenters. The molecule has 6 nitrogen and oxygen atoms in total. The zero-order valence-corrected chi connectivity index (χ0v) is 16.2. The number of benzene rings is 1. The van der Waals surface area contributed by atoms with Crippen molar-refractivity contribution in [1.82, 2.24) is 15.2 Å². The molecule has 1 aliphatic heterocycles. The molecular formula is C21H20F3N3O3. The molecule has 0 saturated carbocycles. The number of nitrogens with one attached hydrogen (secondary N) is 1. The van der Waals surface area contributed by atoms with E-state index in [1.54, 1.807) is 18.2 Å². The van der Waals surface area contributed by atoms with Crippen LogP contribution in [-0.2, 0) is 28.7 Å². The predicted octanol–water partition coefficient (Wildman–Crippen LogP) is 2.82. The summed E-state index contributed by atoms with van der Waals surface area (Å²) in [5, 5.41) is 2.50. The minimum absolute atomic E-state index is 0.172. The summed E-state index contributed by atoms with van der Waals surface area (Å²) in [6.07, 6.45) is 0.505. The maximum atomic E-state index is 12.6. The zero-order valence-electron chi connectivity index (χ0n) is 16.2. The van der Waals surface area contributed by atoms with Gasteiger partial charge in [0.1, 0.15) is 0 Å². The van der Waals surface area contributed by atoms with E-state index < -0.39 is 17.6 Å². The Bertz CT molecular complexity index is 956. The topological polar surface area (TPSA) is 71.5 Å². The van der Waals surface area contributed by atoms with Gasteiger partial charge < -0.3 is 15.0 Å². The summed E-state index contributed by atoms with van der Waals surface area (Å²) in [7, 11) is 1.54. The number of aromatic nitrogens is 1. The number of carbonyl (C=O) groups excluding carboxylic acids is 2. The van der Waals surface area contributed by atoms with Gasteiger partial charge in [0.2, 0.25) is 17.7 Å². The van der Waals surface area contributed by atoms with Gasteiger partial charge in [0.05, 0.1) is 19.2 Å². The molecule has 1 aromatic heterocycles. The van der Waals surface area contributed by atoms with E-state index in [2.05, 4.69) is 10.3 Å². The summed E-state index contributed by atoms with van der Waals surface area (Å²) in [6.45, 7) is 0.758. The van der Waals surface area contributed by atoms with Crippen molar-refractivity contribution in [3.05, 3.63) is 64.9 Å². The van der Waals surface area contributed by atoms with E-state index in [0.29, 0.717) is 31.0 Å². The van der Waals surface area contributed by atoms with Crippen molar-refractivity contribution in [1.29, 1.82) is 0 Å². The number of ether oxygens (including phenoxy) is 1. The maximum absolute atomic E-state index is 12.6. The van der Waals surface area contributed by atoms with Crippen LogP contribution in [0.2, 0.25) is 0 Å². The van der Waals surface area contributed by atoms with Crippen LogP contribution in [0.4, 0.5) is 13.2 Å². The predicted molar refractivity (Wildman–Crippen MR) is 103 cm³/mol. The van der Waals surface area contributed by atoms with Gasteiger partial charge in [-0.15, -0.1) is 0 Å². The number of methoxy groups -OCH3 is 1. The Morgan fingerprint density at radius 2 is 1.97 bits per heavy atom. The first-order valence-corrected chi connectivity index (χ1v) is 9.19. The molecule has 9 heteroatoms. The fraction of sp³-hybridized carbons (Fsp3) is 0.286. The first kappa shape index (κ1) is 21.4. The van der Waals surface area contributed by atoms with Crippen LogP contribution in [0.15, 0.2) is 42.6 Å². The van der Waals surface area contributed by atoms with Gasteiger partial charge in [-0.1, -0.05) is 12.1 Å². The summed E-state index contributed by atoms with van der Waals surface area (Å²) < 4.78 is 42.8. The van der Waals surface area contributed by atoms with E-state index in [0.717, 1.165) is 23.3 Å².